The van der Waals surface area contributed by atoms with Crippen molar-refractivity contribution in [1.29, 1.82) is 0 Å². The zero-order valence-corrected chi connectivity index (χ0v) is 11.0. The second-order valence-corrected chi connectivity index (χ2v) is 4.00. The Bertz CT molecular complexity index is 613. The Labute approximate surface area is 119 Å². The van der Waals surface area contributed by atoms with Crippen LogP contribution in [-0.2, 0) is 11.3 Å². The molecule has 0 aromatic carbocycles. The highest BCUT2D eigenvalue weighted by Gasteiger charge is 2.10. The number of hydrogen-bond acceptors (Lipinski definition) is 7. The Balaban J connectivity index is 1.68. The van der Waals surface area contributed by atoms with E-state index in [0.717, 1.165) is 6.20 Å². The minimum Gasteiger partial charge on any atom is -0.353 e. The van der Waals surface area contributed by atoms with Crippen LogP contribution >= 0.6 is 0 Å². The summed E-state index contributed by atoms with van der Waals surface area (Å²) in [5.74, 6) is 0.193. The van der Waals surface area contributed by atoms with Crippen LogP contribution in [0.2, 0.25) is 0 Å². The van der Waals surface area contributed by atoms with E-state index in [4.69, 9.17) is 0 Å². The Morgan fingerprint density at radius 1 is 1.33 bits per heavy atom. The van der Waals surface area contributed by atoms with E-state index in [1.165, 1.54) is 10.9 Å². The van der Waals surface area contributed by atoms with Gasteiger partial charge in [-0.15, -0.1) is 0 Å². The van der Waals surface area contributed by atoms with Gasteiger partial charge < -0.3 is 10.6 Å². The van der Waals surface area contributed by atoms with Crippen LogP contribution in [0.25, 0.3) is 0 Å². The van der Waals surface area contributed by atoms with Crippen LogP contribution in [0.5, 0.6) is 0 Å². The standard InChI is InChI=1S/C11H13N7O3/c19-10(8-17-7-9(6-16-17)18(20)21)12-4-5-15-11-13-2-1-3-14-11/h1-3,6-7H,4-5,8H2,(H,12,19)(H,13,14,15). The number of rotatable bonds is 7. The Kier molecular flexibility index (Phi) is 4.75. The summed E-state index contributed by atoms with van der Waals surface area (Å²) < 4.78 is 1.21. The summed E-state index contributed by atoms with van der Waals surface area (Å²) in [7, 11) is 0. The smallest absolute Gasteiger partial charge is 0.307 e. The maximum atomic E-state index is 11.6. The summed E-state index contributed by atoms with van der Waals surface area (Å²) in [6.45, 7) is 0.769. The van der Waals surface area contributed by atoms with Crippen LogP contribution in [0.4, 0.5) is 11.6 Å². The minimum absolute atomic E-state index is 0.0737. The van der Waals surface area contributed by atoms with Crippen molar-refractivity contribution < 1.29 is 9.72 Å². The molecule has 0 aliphatic rings. The highest BCUT2D eigenvalue weighted by molar-refractivity contribution is 5.75. The lowest BCUT2D eigenvalue weighted by Gasteiger charge is -2.06. The monoisotopic (exact) mass is 291 g/mol. The maximum Gasteiger partial charge on any atom is 0.307 e. The van der Waals surface area contributed by atoms with Crippen LogP contribution in [0, 0.1) is 10.1 Å². The van der Waals surface area contributed by atoms with Crippen molar-refractivity contribution >= 4 is 17.5 Å². The second kappa shape index (κ2) is 6.93. The molecule has 110 valence electrons. The van der Waals surface area contributed by atoms with Crippen molar-refractivity contribution in [3.8, 4) is 0 Å². The van der Waals surface area contributed by atoms with E-state index in [9.17, 15) is 14.9 Å². The number of carbonyl (C=O) groups is 1. The molecule has 10 nitrogen and oxygen atoms in total. The van der Waals surface area contributed by atoms with E-state index in [0.29, 0.717) is 19.0 Å². The average molecular weight is 291 g/mol. The van der Waals surface area contributed by atoms with Crippen LogP contribution in [0.3, 0.4) is 0 Å². The third kappa shape index (κ3) is 4.53. The number of anilines is 1. The van der Waals surface area contributed by atoms with Gasteiger partial charge in [-0.3, -0.25) is 19.6 Å². The van der Waals surface area contributed by atoms with Crippen molar-refractivity contribution in [2.24, 2.45) is 0 Å². The molecular weight excluding hydrogens is 278 g/mol. The molecule has 2 aromatic rings. The molecule has 0 bridgehead atoms. The minimum atomic E-state index is -0.564. The fourth-order valence-electron chi connectivity index (χ4n) is 1.50. The molecule has 0 aliphatic heterocycles. The van der Waals surface area contributed by atoms with Crippen molar-refractivity contribution in [3.05, 3.63) is 41.0 Å². The SMILES string of the molecule is O=C(Cn1cc([N+](=O)[O-])cn1)NCCNc1ncccn1. The molecule has 2 aromatic heterocycles. The quantitative estimate of drug-likeness (QED) is 0.411. The Hall–Kier alpha value is -3.04. The predicted octanol–water partition coefficient (Wildman–Crippen LogP) is -0.190. The van der Waals surface area contributed by atoms with Gasteiger partial charge in [0.2, 0.25) is 11.9 Å². The fourth-order valence-corrected chi connectivity index (χ4v) is 1.50. The second-order valence-electron chi connectivity index (χ2n) is 4.00. The molecule has 0 atom stereocenters. The number of nitro groups is 1. The van der Waals surface area contributed by atoms with Gasteiger partial charge in [0.15, 0.2) is 0 Å². The summed E-state index contributed by atoms with van der Waals surface area (Å²) in [5.41, 5.74) is -0.148. The molecule has 2 N–H and O–H groups in total. The Morgan fingerprint density at radius 2 is 2.10 bits per heavy atom. The first-order valence-electron chi connectivity index (χ1n) is 6.09. The van der Waals surface area contributed by atoms with Crippen LogP contribution in [0.1, 0.15) is 0 Å². The lowest BCUT2D eigenvalue weighted by molar-refractivity contribution is -0.385. The molecule has 0 fully saturated rings. The van der Waals surface area contributed by atoms with E-state index in [2.05, 4.69) is 25.7 Å². The molecule has 2 rings (SSSR count). The van der Waals surface area contributed by atoms with E-state index in [-0.39, 0.29) is 18.1 Å². The zero-order valence-electron chi connectivity index (χ0n) is 11.0. The fraction of sp³-hybridized carbons (Fsp3) is 0.273. The van der Waals surface area contributed by atoms with Crippen molar-refractivity contribution in [2.75, 3.05) is 18.4 Å². The first-order valence-corrected chi connectivity index (χ1v) is 6.09. The predicted molar refractivity (Wildman–Crippen MR) is 72.4 cm³/mol. The Morgan fingerprint density at radius 3 is 2.76 bits per heavy atom. The van der Waals surface area contributed by atoms with Crippen LogP contribution in [-0.4, -0.2) is 43.7 Å². The number of amides is 1. The van der Waals surface area contributed by atoms with Gasteiger partial charge >= 0.3 is 5.69 Å². The molecule has 10 heteroatoms. The number of nitrogens with one attached hydrogen (secondary N) is 2. The molecule has 2 heterocycles. The van der Waals surface area contributed by atoms with Crippen LogP contribution < -0.4 is 10.6 Å². The maximum absolute atomic E-state index is 11.6. The number of nitrogens with zero attached hydrogens (tertiary/aromatic N) is 5. The van der Waals surface area contributed by atoms with E-state index >= 15 is 0 Å². The topological polar surface area (TPSA) is 128 Å². The summed E-state index contributed by atoms with van der Waals surface area (Å²) in [6, 6.07) is 1.70. The van der Waals surface area contributed by atoms with Crippen LogP contribution in [0.15, 0.2) is 30.9 Å². The van der Waals surface area contributed by atoms with E-state index < -0.39 is 4.92 Å². The lowest BCUT2D eigenvalue weighted by Crippen LogP contribution is -2.32. The van der Waals surface area contributed by atoms with E-state index in [1.807, 2.05) is 0 Å². The van der Waals surface area contributed by atoms with E-state index in [1.54, 1.807) is 18.5 Å². The summed E-state index contributed by atoms with van der Waals surface area (Å²) in [4.78, 5) is 29.5. The molecule has 0 unspecified atom stereocenters. The lowest BCUT2D eigenvalue weighted by atomic mass is 10.5. The largest absolute Gasteiger partial charge is 0.353 e. The summed E-state index contributed by atoms with van der Waals surface area (Å²) in [5, 5.41) is 19.8. The molecule has 0 aliphatic carbocycles. The molecule has 21 heavy (non-hydrogen) atoms. The van der Waals surface area contributed by atoms with Gasteiger partial charge in [0, 0.05) is 25.5 Å². The highest BCUT2D eigenvalue weighted by atomic mass is 16.6. The number of carbonyl (C=O) groups excluding carboxylic acids is 1. The van der Waals surface area contributed by atoms with Gasteiger partial charge in [-0.25, -0.2) is 9.97 Å². The van der Waals surface area contributed by atoms with Gasteiger partial charge in [-0.2, -0.15) is 5.10 Å². The zero-order chi connectivity index (χ0) is 15.1. The van der Waals surface area contributed by atoms with Crippen molar-refractivity contribution in [2.45, 2.75) is 6.54 Å². The van der Waals surface area contributed by atoms with Gasteiger partial charge in [0.05, 0.1) is 4.92 Å². The number of hydrogen-bond donors (Lipinski definition) is 2. The third-order valence-electron chi connectivity index (χ3n) is 2.43. The van der Waals surface area contributed by atoms with Crippen molar-refractivity contribution in [1.82, 2.24) is 25.1 Å². The molecule has 0 saturated heterocycles. The summed E-state index contributed by atoms with van der Waals surface area (Å²) >= 11 is 0. The molecule has 0 spiro atoms. The third-order valence-corrected chi connectivity index (χ3v) is 2.43. The molecular formula is C11H13N7O3. The summed E-state index contributed by atoms with van der Waals surface area (Å²) in [6.07, 6.45) is 5.52. The van der Waals surface area contributed by atoms with Gasteiger partial charge in [-0.1, -0.05) is 0 Å². The van der Waals surface area contributed by atoms with Gasteiger partial charge in [0.25, 0.3) is 0 Å². The average Bonchev–Trinajstić information content (AvgIpc) is 2.93. The molecule has 0 saturated carbocycles. The normalized spacial score (nSPS) is 10.1. The highest BCUT2D eigenvalue weighted by Crippen LogP contribution is 2.07. The van der Waals surface area contributed by atoms with Crippen molar-refractivity contribution in [3.63, 3.8) is 0 Å². The molecule has 1 amide bonds. The number of aromatic nitrogens is 4. The first-order chi connectivity index (χ1) is 10.1. The van der Waals surface area contributed by atoms with Gasteiger partial charge in [-0.05, 0) is 6.07 Å². The van der Waals surface area contributed by atoms with Gasteiger partial charge in [0.1, 0.15) is 18.9 Å². The molecule has 0 radical (unpaired) electrons. The first kappa shape index (κ1) is 14.4.